The van der Waals surface area contributed by atoms with E-state index in [1.54, 1.807) is 6.19 Å². The van der Waals surface area contributed by atoms with E-state index >= 15 is 0 Å². The van der Waals surface area contributed by atoms with Crippen LogP contribution in [-0.2, 0) is 4.79 Å². The third-order valence-corrected chi connectivity index (χ3v) is 1.81. The van der Waals surface area contributed by atoms with Crippen LogP contribution in [0.15, 0.2) is 0 Å². The molecule has 0 aromatic heterocycles. The minimum Gasteiger partial charge on any atom is -0.306 e. The molecule has 0 saturated carbocycles. The second kappa shape index (κ2) is 3.94. The molecule has 0 radical (unpaired) electrons. The normalized spacial score (nSPS) is 23.7. The average molecular weight is 153 g/mol. The van der Waals surface area contributed by atoms with Gasteiger partial charge in [0.15, 0.2) is 6.19 Å². The van der Waals surface area contributed by atoms with Gasteiger partial charge in [-0.25, -0.2) is 0 Å². The molecule has 4 heteroatoms. The molecule has 4 nitrogen and oxygen atoms in total. The van der Waals surface area contributed by atoms with Crippen molar-refractivity contribution >= 4 is 5.91 Å². The molecule has 1 fully saturated rings. The van der Waals surface area contributed by atoms with Crippen LogP contribution in [0, 0.1) is 11.5 Å². The molecule has 2 N–H and O–H groups in total. The van der Waals surface area contributed by atoms with E-state index in [0.717, 1.165) is 25.8 Å². The Kier molecular flexibility index (Phi) is 2.87. The molecular formula is C7H11N3O. The second-order valence-corrected chi connectivity index (χ2v) is 2.60. The summed E-state index contributed by atoms with van der Waals surface area (Å²) in [7, 11) is 0. The van der Waals surface area contributed by atoms with Gasteiger partial charge in [-0.1, -0.05) is 6.42 Å². The Morgan fingerprint density at radius 2 is 2.45 bits per heavy atom. The first-order chi connectivity index (χ1) is 5.34. The molecule has 1 aliphatic rings. The number of piperidine rings is 1. The lowest BCUT2D eigenvalue weighted by molar-refractivity contribution is -0.122. The third kappa shape index (κ3) is 2.20. The van der Waals surface area contributed by atoms with Gasteiger partial charge in [0, 0.05) is 0 Å². The summed E-state index contributed by atoms with van der Waals surface area (Å²) in [6.07, 6.45) is 4.65. The lowest BCUT2D eigenvalue weighted by Crippen LogP contribution is -2.45. The molecule has 1 aliphatic heterocycles. The maximum atomic E-state index is 11.0. The summed E-state index contributed by atoms with van der Waals surface area (Å²) in [6, 6.07) is -0.150. The Bertz CT molecular complexity index is 179. The molecule has 0 aliphatic carbocycles. The van der Waals surface area contributed by atoms with Crippen molar-refractivity contribution in [1.29, 1.82) is 5.26 Å². The molecule has 1 rings (SSSR count). The fourth-order valence-electron chi connectivity index (χ4n) is 1.22. The zero-order valence-corrected chi connectivity index (χ0v) is 6.26. The van der Waals surface area contributed by atoms with Gasteiger partial charge >= 0.3 is 0 Å². The Labute approximate surface area is 65.6 Å². The number of nitriles is 1. The highest BCUT2D eigenvalue weighted by molar-refractivity contribution is 5.83. The lowest BCUT2D eigenvalue weighted by Gasteiger charge is -2.20. The van der Waals surface area contributed by atoms with Crippen molar-refractivity contribution in [3.05, 3.63) is 0 Å². The quantitative estimate of drug-likeness (QED) is 0.402. The van der Waals surface area contributed by atoms with E-state index in [4.69, 9.17) is 5.26 Å². The van der Waals surface area contributed by atoms with Crippen LogP contribution in [0.4, 0.5) is 0 Å². The molecule has 1 saturated heterocycles. The third-order valence-electron chi connectivity index (χ3n) is 1.81. The molecule has 1 heterocycles. The summed E-state index contributed by atoms with van der Waals surface area (Å²) in [6.45, 7) is 0.878. The van der Waals surface area contributed by atoms with Crippen LogP contribution in [0.5, 0.6) is 0 Å². The van der Waals surface area contributed by atoms with E-state index in [9.17, 15) is 4.79 Å². The summed E-state index contributed by atoms with van der Waals surface area (Å²) in [4.78, 5) is 11.0. The molecule has 0 unspecified atom stereocenters. The number of amides is 1. The van der Waals surface area contributed by atoms with Crippen LogP contribution >= 0.6 is 0 Å². The molecular weight excluding hydrogens is 142 g/mol. The van der Waals surface area contributed by atoms with Crippen molar-refractivity contribution in [3.8, 4) is 6.19 Å². The van der Waals surface area contributed by atoms with Crippen LogP contribution in [0.3, 0.4) is 0 Å². The Balaban J connectivity index is 2.34. The summed E-state index contributed by atoms with van der Waals surface area (Å²) in [5, 5.41) is 13.3. The van der Waals surface area contributed by atoms with Crippen molar-refractivity contribution in [1.82, 2.24) is 10.6 Å². The van der Waals surface area contributed by atoms with Gasteiger partial charge in [-0.05, 0) is 19.4 Å². The highest BCUT2D eigenvalue weighted by Gasteiger charge is 2.19. The van der Waals surface area contributed by atoms with Gasteiger partial charge in [0.05, 0.1) is 6.04 Å². The number of nitrogens with one attached hydrogen (secondary N) is 2. The number of rotatable bonds is 1. The highest BCUT2D eigenvalue weighted by Crippen LogP contribution is 2.06. The van der Waals surface area contributed by atoms with Crippen molar-refractivity contribution in [3.63, 3.8) is 0 Å². The molecule has 60 valence electrons. The van der Waals surface area contributed by atoms with E-state index in [1.807, 2.05) is 0 Å². The van der Waals surface area contributed by atoms with Gasteiger partial charge in [0.2, 0.25) is 5.91 Å². The second-order valence-electron chi connectivity index (χ2n) is 2.60. The maximum Gasteiger partial charge on any atom is 0.250 e. The molecule has 0 aromatic carbocycles. The first-order valence-electron chi connectivity index (χ1n) is 3.77. The zero-order valence-electron chi connectivity index (χ0n) is 6.26. The highest BCUT2D eigenvalue weighted by atomic mass is 16.2. The number of carbonyl (C=O) groups excluding carboxylic acids is 1. The van der Waals surface area contributed by atoms with Crippen LogP contribution in [0.2, 0.25) is 0 Å². The topological polar surface area (TPSA) is 64.9 Å². The fourth-order valence-corrected chi connectivity index (χ4v) is 1.22. The SMILES string of the molecule is N#CNC(=O)[C@H]1CCCCN1. The number of nitrogens with zero attached hydrogens (tertiary/aromatic N) is 1. The Morgan fingerprint density at radius 3 is 3.00 bits per heavy atom. The van der Waals surface area contributed by atoms with E-state index in [1.165, 1.54) is 0 Å². The average Bonchev–Trinajstić information content (AvgIpc) is 2.07. The zero-order chi connectivity index (χ0) is 8.10. The molecule has 0 spiro atoms. The minimum absolute atomic E-state index is 0.150. The summed E-state index contributed by atoms with van der Waals surface area (Å²) in [5.41, 5.74) is 0. The summed E-state index contributed by atoms with van der Waals surface area (Å²) < 4.78 is 0. The molecule has 0 bridgehead atoms. The van der Waals surface area contributed by atoms with Gasteiger partial charge in [-0.15, -0.1) is 0 Å². The molecule has 0 aromatic rings. The van der Waals surface area contributed by atoms with Crippen LogP contribution in [0.1, 0.15) is 19.3 Å². The summed E-state index contributed by atoms with van der Waals surface area (Å²) in [5.74, 6) is -0.202. The van der Waals surface area contributed by atoms with E-state index in [0.29, 0.717) is 0 Å². The number of carbonyl (C=O) groups is 1. The fraction of sp³-hybridized carbons (Fsp3) is 0.714. The Hall–Kier alpha value is -1.08. The van der Waals surface area contributed by atoms with E-state index in [-0.39, 0.29) is 11.9 Å². The van der Waals surface area contributed by atoms with Gasteiger partial charge in [-0.3, -0.25) is 10.1 Å². The molecule has 11 heavy (non-hydrogen) atoms. The van der Waals surface area contributed by atoms with Gasteiger partial charge in [0.25, 0.3) is 0 Å². The van der Waals surface area contributed by atoms with E-state index in [2.05, 4.69) is 10.6 Å². The first kappa shape index (κ1) is 8.02. The standard InChI is InChI=1S/C7H11N3O/c8-5-10-7(11)6-3-1-2-4-9-6/h6,9H,1-4H2,(H,10,11)/t6-/m1/s1. The molecule has 1 amide bonds. The largest absolute Gasteiger partial charge is 0.306 e. The van der Waals surface area contributed by atoms with Crippen LogP contribution in [0.25, 0.3) is 0 Å². The smallest absolute Gasteiger partial charge is 0.250 e. The first-order valence-corrected chi connectivity index (χ1v) is 3.77. The Morgan fingerprint density at radius 1 is 1.64 bits per heavy atom. The predicted molar refractivity (Wildman–Crippen MR) is 39.4 cm³/mol. The van der Waals surface area contributed by atoms with Crippen LogP contribution in [-0.4, -0.2) is 18.5 Å². The van der Waals surface area contributed by atoms with Crippen molar-refractivity contribution in [2.45, 2.75) is 25.3 Å². The van der Waals surface area contributed by atoms with Gasteiger partial charge in [-0.2, -0.15) is 5.26 Å². The minimum atomic E-state index is -0.202. The van der Waals surface area contributed by atoms with E-state index < -0.39 is 0 Å². The maximum absolute atomic E-state index is 11.0. The van der Waals surface area contributed by atoms with Crippen molar-refractivity contribution < 1.29 is 4.79 Å². The van der Waals surface area contributed by atoms with Crippen molar-refractivity contribution in [2.75, 3.05) is 6.54 Å². The molecule has 1 atom stereocenters. The van der Waals surface area contributed by atoms with Crippen LogP contribution < -0.4 is 10.6 Å². The van der Waals surface area contributed by atoms with Crippen molar-refractivity contribution in [2.24, 2.45) is 0 Å². The monoisotopic (exact) mass is 153 g/mol. The van der Waals surface area contributed by atoms with Gasteiger partial charge < -0.3 is 5.32 Å². The predicted octanol–water partition coefficient (Wildman–Crippen LogP) is -0.274. The lowest BCUT2D eigenvalue weighted by atomic mass is 10.0. The number of hydrogen-bond acceptors (Lipinski definition) is 3. The number of hydrogen-bond donors (Lipinski definition) is 2. The van der Waals surface area contributed by atoms with Gasteiger partial charge in [0.1, 0.15) is 0 Å². The summed E-state index contributed by atoms with van der Waals surface area (Å²) >= 11 is 0.